The largest absolute Gasteiger partial charge is 0.509 e. The molecule has 104 valence electrons. The van der Waals surface area contributed by atoms with Gasteiger partial charge in [0, 0.05) is 5.92 Å². The summed E-state index contributed by atoms with van der Waals surface area (Å²) in [5, 5.41) is 9.34. The maximum Gasteiger partial charge on any atom is 0.509 e. The Balaban J connectivity index is 1.70. The number of nitriles is 1. The van der Waals surface area contributed by atoms with Crippen LogP contribution in [0.15, 0.2) is 0 Å². The molecule has 4 aliphatic carbocycles. The van der Waals surface area contributed by atoms with Crippen LogP contribution in [0.1, 0.15) is 39.0 Å². The lowest BCUT2D eigenvalue weighted by Crippen LogP contribution is -2.50. The topological polar surface area (TPSA) is 59.3 Å². The molecule has 0 aromatic rings. The molecule has 4 rings (SSSR count). The summed E-state index contributed by atoms with van der Waals surface area (Å²) in [5.41, 5.74) is 0. The van der Waals surface area contributed by atoms with Gasteiger partial charge in [0.2, 0.25) is 0 Å². The van der Waals surface area contributed by atoms with E-state index in [0.717, 1.165) is 11.8 Å². The molecule has 4 fully saturated rings. The Morgan fingerprint density at radius 1 is 1.21 bits per heavy atom. The predicted molar refractivity (Wildman–Crippen MR) is 68.0 cm³/mol. The van der Waals surface area contributed by atoms with Gasteiger partial charge in [-0.3, -0.25) is 0 Å². The Hall–Kier alpha value is -1.24. The van der Waals surface area contributed by atoms with E-state index in [0.29, 0.717) is 18.4 Å². The minimum Gasteiger partial charge on any atom is -0.435 e. The first kappa shape index (κ1) is 12.8. The van der Waals surface area contributed by atoms with E-state index in [1.165, 1.54) is 32.1 Å². The Morgan fingerprint density at radius 3 is 2.26 bits per heavy atom. The third-order valence-corrected chi connectivity index (χ3v) is 5.26. The number of carbonyl (C=O) groups excluding carboxylic acids is 1. The first-order valence-electron chi connectivity index (χ1n) is 7.44. The number of carbonyl (C=O) groups is 1. The summed E-state index contributed by atoms with van der Waals surface area (Å²) in [6.45, 7) is 2.03. The van der Waals surface area contributed by atoms with Crippen molar-refractivity contribution < 1.29 is 14.3 Å². The van der Waals surface area contributed by atoms with Crippen molar-refractivity contribution in [3.05, 3.63) is 0 Å². The molecule has 4 saturated carbocycles. The van der Waals surface area contributed by atoms with Gasteiger partial charge in [-0.05, 0) is 62.7 Å². The molecule has 0 saturated heterocycles. The molecule has 4 bridgehead atoms. The van der Waals surface area contributed by atoms with Crippen LogP contribution in [0.4, 0.5) is 4.79 Å². The Kier molecular flexibility index (Phi) is 3.38. The van der Waals surface area contributed by atoms with Gasteiger partial charge < -0.3 is 9.47 Å². The van der Waals surface area contributed by atoms with Crippen molar-refractivity contribution in [2.45, 2.75) is 45.1 Å². The fourth-order valence-electron chi connectivity index (χ4n) is 4.91. The standard InChI is InChI=1S/C15H21NO3/c1-2-18-15(17)19-13(8-16)14-11-4-9-3-10(6-11)7-12(14)5-9/h9-14H,2-7H2,1H3. The van der Waals surface area contributed by atoms with E-state index in [1.54, 1.807) is 6.92 Å². The first-order chi connectivity index (χ1) is 9.21. The van der Waals surface area contributed by atoms with Crippen molar-refractivity contribution in [2.24, 2.45) is 29.6 Å². The third kappa shape index (κ3) is 2.31. The van der Waals surface area contributed by atoms with Gasteiger partial charge in [0.05, 0.1) is 6.61 Å². The molecule has 1 unspecified atom stereocenters. The van der Waals surface area contributed by atoms with Crippen LogP contribution in [0.2, 0.25) is 0 Å². The van der Waals surface area contributed by atoms with Crippen molar-refractivity contribution in [1.29, 1.82) is 5.26 Å². The van der Waals surface area contributed by atoms with E-state index in [2.05, 4.69) is 6.07 Å². The molecule has 4 aliphatic rings. The number of nitrogens with zero attached hydrogens (tertiary/aromatic N) is 1. The van der Waals surface area contributed by atoms with Crippen LogP contribution in [-0.4, -0.2) is 18.9 Å². The Labute approximate surface area is 114 Å². The summed E-state index contributed by atoms with van der Waals surface area (Å²) in [4.78, 5) is 11.5. The summed E-state index contributed by atoms with van der Waals surface area (Å²) in [6.07, 6.45) is 4.97. The second-order valence-corrected chi connectivity index (χ2v) is 6.36. The minimum atomic E-state index is -0.692. The number of hydrogen-bond donors (Lipinski definition) is 0. The minimum absolute atomic E-state index is 0.238. The molecule has 4 nitrogen and oxygen atoms in total. The molecule has 0 amide bonds. The van der Waals surface area contributed by atoms with Crippen LogP contribution in [0.25, 0.3) is 0 Å². The monoisotopic (exact) mass is 263 g/mol. The van der Waals surface area contributed by atoms with E-state index >= 15 is 0 Å². The SMILES string of the molecule is CCOC(=O)OC(C#N)C1C2CC3CC(C2)CC1C3. The van der Waals surface area contributed by atoms with Crippen LogP contribution < -0.4 is 0 Å². The fourth-order valence-corrected chi connectivity index (χ4v) is 4.91. The fraction of sp³-hybridized carbons (Fsp3) is 0.867. The highest BCUT2D eigenvalue weighted by atomic mass is 16.7. The zero-order valence-corrected chi connectivity index (χ0v) is 11.4. The molecule has 0 spiro atoms. The lowest BCUT2D eigenvalue weighted by atomic mass is 9.51. The van der Waals surface area contributed by atoms with Crippen molar-refractivity contribution in [2.75, 3.05) is 6.61 Å². The second kappa shape index (κ2) is 5.03. The van der Waals surface area contributed by atoms with Gasteiger partial charge in [-0.2, -0.15) is 5.26 Å². The molecule has 0 N–H and O–H groups in total. The maximum atomic E-state index is 11.5. The van der Waals surface area contributed by atoms with Crippen LogP contribution in [0.5, 0.6) is 0 Å². The average Bonchev–Trinajstić information content (AvgIpc) is 2.36. The molecule has 0 heterocycles. The Bertz CT molecular complexity index is 373. The molecule has 0 aromatic heterocycles. The molecule has 19 heavy (non-hydrogen) atoms. The maximum absolute atomic E-state index is 11.5. The van der Waals surface area contributed by atoms with Gasteiger partial charge in [-0.1, -0.05) is 0 Å². The van der Waals surface area contributed by atoms with Gasteiger partial charge in [-0.15, -0.1) is 0 Å². The third-order valence-electron chi connectivity index (χ3n) is 5.26. The summed E-state index contributed by atoms with van der Waals surface area (Å²) in [7, 11) is 0. The average molecular weight is 263 g/mol. The van der Waals surface area contributed by atoms with Gasteiger partial charge in [-0.25, -0.2) is 4.79 Å². The van der Waals surface area contributed by atoms with E-state index < -0.39 is 12.3 Å². The molecule has 0 radical (unpaired) electrons. The summed E-state index contributed by atoms with van der Waals surface area (Å²) >= 11 is 0. The van der Waals surface area contributed by atoms with Crippen molar-refractivity contribution in [1.82, 2.24) is 0 Å². The number of rotatable bonds is 3. The van der Waals surface area contributed by atoms with Crippen molar-refractivity contribution in [3.63, 3.8) is 0 Å². The number of hydrogen-bond acceptors (Lipinski definition) is 4. The van der Waals surface area contributed by atoms with Crippen LogP contribution in [-0.2, 0) is 9.47 Å². The van der Waals surface area contributed by atoms with E-state index in [1.807, 2.05) is 0 Å². The van der Waals surface area contributed by atoms with Gasteiger partial charge in [0.25, 0.3) is 0 Å². The summed E-state index contributed by atoms with van der Waals surface area (Å²) in [5.74, 6) is 3.12. The molecule has 0 aromatic carbocycles. The quantitative estimate of drug-likeness (QED) is 0.734. The van der Waals surface area contributed by atoms with Crippen molar-refractivity contribution >= 4 is 6.16 Å². The van der Waals surface area contributed by atoms with Crippen LogP contribution in [0.3, 0.4) is 0 Å². The zero-order valence-electron chi connectivity index (χ0n) is 11.4. The highest BCUT2D eigenvalue weighted by Gasteiger charge is 2.51. The highest BCUT2D eigenvalue weighted by Crippen LogP contribution is 2.57. The molecule has 4 heteroatoms. The van der Waals surface area contributed by atoms with E-state index in [4.69, 9.17) is 9.47 Å². The number of ether oxygens (including phenoxy) is 2. The van der Waals surface area contributed by atoms with Crippen LogP contribution in [0, 0.1) is 40.9 Å². The lowest BCUT2D eigenvalue weighted by molar-refractivity contribution is -0.0854. The van der Waals surface area contributed by atoms with E-state index in [-0.39, 0.29) is 5.92 Å². The first-order valence-corrected chi connectivity index (χ1v) is 7.44. The second-order valence-electron chi connectivity index (χ2n) is 6.36. The summed E-state index contributed by atoms with van der Waals surface area (Å²) < 4.78 is 10.0. The van der Waals surface area contributed by atoms with Crippen LogP contribution >= 0.6 is 0 Å². The Morgan fingerprint density at radius 2 is 1.79 bits per heavy atom. The molecular weight excluding hydrogens is 242 g/mol. The molecule has 1 atom stereocenters. The van der Waals surface area contributed by atoms with E-state index in [9.17, 15) is 10.1 Å². The zero-order chi connectivity index (χ0) is 13.4. The predicted octanol–water partition coefficient (Wildman–Crippen LogP) is 3.12. The molecular formula is C15H21NO3. The van der Waals surface area contributed by atoms with Gasteiger partial charge in [0.1, 0.15) is 6.07 Å². The van der Waals surface area contributed by atoms with Crippen molar-refractivity contribution in [3.8, 4) is 6.07 Å². The molecule has 0 aliphatic heterocycles. The van der Waals surface area contributed by atoms with Gasteiger partial charge >= 0.3 is 6.16 Å². The lowest BCUT2D eigenvalue weighted by Gasteiger charge is -2.54. The van der Waals surface area contributed by atoms with Gasteiger partial charge in [0.15, 0.2) is 6.10 Å². The summed E-state index contributed by atoms with van der Waals surface area (Å²) in [6, 6.07) is 2.20. The highest BCUT2D eigenvalue weighted by molar-refractivity contribution is 5.60. The smallest absolute Gasteiger partial charge is 0.435 e. The normalized spacial score (nSPS) is 40.5.